The molecule has 0 radical (unpaired) electrons. The fraction of sp³-hybridized carbons (Fsp3) is 0. The molecule has 0 aromatic rings. The van der Waals surface area contributed by atoms with Gasteiger partial charge >= 0.3 is 0 Å². The average Bonchev–Trinajstić information content (AvgIpc) is 2.08. The van der Waals surface area contributed by atoms with Crippen molar-refractivity contribution in [3.8, 4) is 0 Å². The number of aliphatic hydroxyl groups excluding tert-OH is 1. The van der Waals surface area contributed by atoms with Crippen LogP contribution in [0, 0.1) is 0 Å². The monoisotopic (exact) mass is 235 g/mol. The van der Waals surface area contributed by atoms with Gasteiger partial charge in [0.2, 0.25) is 20.6 Å². The fourth-order valence-electron chi connectivity index (χ4n) is 0.872. The second-order valence-corrected chi connectivity index (χ2v) is 4.08. The lowest BCUT2D eigenvalue weighted by atomic mass is 10.1. The first-order valence-corrected chi connectivity index (χ1v) is 5.40. The first-order valence-electron chi connectivity index (χ1n) is 3.25. The van der Waals surface area contributed by atoms with Gasteiger partial charge in [-0.2, -0.15) is 16.8 Å². The molecule has 0 heterocycles. The van der Waals surface area contributed by atoms with E-state index in [9.17, 15) is 16.8 Å². The van der Waals surface area contributed by atoms with Crippen LogP contribution in [0.5, 0.6) is 0 Å². The van der Waals surface area contributed by atoms with Gasteiger partial charge in [-0.3, -0.25) is 0 Å². The van der Waals surface area contributed by atoms with Crippen LogP contribution in [0.1, 0.15) is 0 Å². The molecular weight excluding hydrogens is 230 g/mol. The van der Waals surface area contributed by atoms with Crippen molar-refractivity contribution >= 4 is 30.3 Å². The van der Waals surface area contributed by atoms with Crippen molar-refractivity contribution in [2.45, 2.75) is 0 Å². The molecule has 0 aliphatic heterocycles. The highest BCUT2D eigenvalue weighted by molar-refractivity contribution is 7.83. The summed E-state index contributed by atoms with van der Waals surface area (Å²) in [5.41, 5.74) is 4.73. The van der Waals surface area contributed by atoms with Crippen molar-refractivity contribution in [2.24, 2.45) is 5.73 Å². The van der Waals surface area contributed by atoms with Crippen molar-refractivity contribution in [3.05, 3.63) is 23.6 Å². The molecule has 0 saturated heterocycles. The molecule has 0 fully saturated rings. The van der Waals surface area contributed by atoms with Crippen LogP contribution in [0.4, 0.5) is 0 Å². The van der Waals surface area contributed by atoms with Crippen LogP contribution in [0.25, 0.3) is 0 Å². The molecule has 0 amide bonds. The van der Waals surface area contributed by atoms with E-state index in [1.54, 1.807) is 0 Å². The van der Waals surface area contributed by atoms with Gasteiger partial charge in [0.25, 0.3) is 0 Å². The Morgan fingerprint density at radius 3 is 2.07 bits per heavy atom. The zero-order valence-electron chi connectivity index (χ0n) is 6.63. The quantitative estimate of drug-likeness (QED) is 0.488. The van der Waals surface area contributed by atoms with Crippen LogP contribution >= 0.6 is 0 Å². The normalized spacial score (nSPS) is 16.0. The molecule has 0 aromatic heterocycles. The fourth-order valence-corrected chi connectivity index (χ4v) is 2.24. The smallest absolute Gasteiger partial charge is 0.225 e. The second-order valence-electron chi connectivity index (χ2n) is 2.30. The Morgan fingerprint density at radius 2 is 1.64 bits per heavy atom. The number of aliphatic hydroxyl groups is 1. The minimum atomic E-state index is -2.81. The van der Waals surface area contributed by atoms with Gasteiger partial charge in [-0.25, -0.2) is 0 Å². The average molecular weight is 235 g/mol. The highest BCUT2D eigenvalue weighted by Crippen LogP contribution is 2.07. The summed E-state index contributed by atoms with van der Waals surface area (Å²) >= 11 is 0. The summed E-state index contributed by atoms with van der Waals surface area (Å²) < 4.78 is 42.4. The maximum atomic E-state index is 10.6. The molecule has 76 valence electrons. The first kappa shape index (κ1) is 10.5. The van der Waals surface area contributed by atoms with E-state index in [-0.39, 0.29) is 0 Å². The second kappa shape index (κ2) is 3.68. The van der Waals surface area contributed by atoms with Crippen LogP contribution in [0.15, 0.2) is 23.6 Å². The predicted molar refractivity (Wildman–Crippen MR) is 50.8 cm³/mol. The third kappa shape index (κ3) is 1.70. The minimum absolute atomic E-state index is 0.464. The van der Waals surface area contributed by atoms with E-state index in [0.717, 1.165) is 12.2 Å². The highest BCUT2D eigenvalue weighted by atomic mass is 32.2. The lowest BCUT2D eigenvalue weighted by molar-refractivity contribution is 0.428. The zero-order valence-corrected chi connectivity index (χ0v) is 8.26. The molecule has 8 heteroatoms. The van der Waals surface area contributed by atoms with E-state index < -0.39 is 41.8 Å². The summed E-state index contributed by atoms with van der Waals surface area (Å²) in [5.74, 6) is -0.474. The van der Waals surface area contributed by atoms with Gasteiger partial charge in [-0.1, -0.05) is 0 Å². The molecular formula is C6H5NO5S2. The molecule has 1 aliphatic rings. The summed E-state index contributed by atoms with van der Waals surface area (Å²) in [6, 6.07) is 0. The van der Waals surface area contributed by atoms with Gasteiger partial charge in [0.05, 0.1) is 5.70 Å². The van der Waals surface area contributed by atoms with Gasteiger partial charge in [-0.15, -0.1) is 0 Å². The summed E-state index contributed by atoms with van der Waals surface area (Å²) in [5, 5.41) is 9.06. The third-order valence-corrected chi connectivity index (χ3v) is 3.08. The van der Waals surface area contributed by atoms with Crippen LogP contribution in [0.3, 0.4) is 0 Å². The Balaban J connectivity index is 3.77. The van der Waals surface area contributed by atoms with Crippen LogP contribution in [0.2, 0.25) is 0 Å². The van der Waals surface area contributed by atoms with Gasteiger partial charge in [0.15, 0.2) is 0 Å². The highest BCUT2D eigenvalue weighted by Gasteiger charge is 2.20. The van der Waals surface area contributed by atoms with Crippen LogP contribution in [-0.2, 0) is 20.6 Å². The SMILES string of the molecule is NC1=C(O)C=CC(=S(=O)=O)C1=S(=O)=O. The Kier molecular flexibility index (Phi) is 2.77. The van der Waals surface area contributed by atoms with Crippen molar-refractivity contribution in [1.82, 2.24) is 0 Å². The summed E-state index contributed by atoms with van der Waals surface area (Å²) in [6.07, 6.45) is 1.97. The van der Waals surface area contributed by atoms with E-state index in [4.69, 9.17) is 10.8 Å². The molecule has 1 rings (SSSR count). The Hall–Kier alpha value is -1.54. The molecule has 0 unspecified atom stereocenters. The zero-order chi connectivity index (χ0) is 10.9. The third-order valence-electron chi connectivity index (χ3n) is 1.48. The Bertz CT molecular complexity index is 587. The number of allylic oxidation sites excluding steroid dienone is 3. The molecule has 0 bridgehead atoms. The molecule has 6 nitrogen and oxygen atoms in total. The largest absolute Gasteiger partial charge is 0.506 e. The van der Waals surface area contributed by atoms with E-state index in [1.165, 1.54) is 0 Å². The number of hydrogen-bond acceptors (Lipinski definition) is 6. The molecule has 0 spiro atoms. The molecule has 3 N–H and O–H groups in total. The molecule has 14 heavy (non-hydrogen) atoms. The maximum Gasteiger partial charge on any atom is 0.225 e. The van der Waals surface area contributed by atoms with Crippen molar-refractivity contribution in [3.63, 3.8) is 0 Å². The Labute approximate surface area is 82.0 Å². The number of hydrogen-bond donors (Lipinski definition) is 2. The lowest BCUT2D eigenvalue weighted by Gasteiger charge is -2.06. The maximum absolute atomic E-state index is 10.6. The predicted octanol–water partition coefficient (Wildman–Crippen LogP) is -1.61. The van der Waals surface area contributed by atoms with Gasteiger partial charge in [0.1, 0.15) is 15.5 Å². The molecule has 0 atom stereocenters. The van der Waals surface area contributed by atoms with Crippen LogP contribution in [-0.4, -0.2) is 31.7 Å². The first-order chi connectivity index (χ1) is 6.45. The number of nitrogens with two attached hydrogens (primary N) is 1. The summed E-state index contributed by atoms with van der Waals surface area (Å²) in [6.45, 7) is 0. The van der Waals surface area contributed by atoms with E-state index in [1.807, 2.05) is 0 Å². The standard InChI is InChI=1S/C6H5NO5S2/c7-5-3(8)1-2-4(13(9)10)6(5)14(11)12/h1-2,8H,7H2. The molecule has 0 saturated carbocycles. The molecule has 0 aromatic carbocycles. The van der Waals surface area contributed by atoms with Gasteiger partial charge < -0.3 is 10.8 Å². The van der Waals surface area contributed by atoms with Gasteiger partial charge in [0, 0.05) is 0 Å². The number of rotatable bonds is 0. The van der Waals surface area contributed by atoms with E-state index in [2.05, 4.69) is 0 Å². The van der Waals surface area contributed by atoms with Crippen molar-refractivity contribution in [1.29, 1.82) is 0 Å². The Morgan fingerprint density at radius 1 is 1.07 bits per heavy atom. The summed E-state index contributed by atoms with van der Waals surface area (Å²) in [7, 11) is -5.52. The lowest BCUT2D eigenvalue weighted by Crippen LogP contribution is -2.26. The van der Waals surface area contributed by atoms with E-state index >= 15 is 0 Å². The van der Waals surface area contributed by atoms with E-state index in [0.29, 0.717) is 0 Å². The summed E-state index contributed by atoms with van der Waals surface area (Å²) in [4.78, 5) is -1.08. The molecule has 1 aliphatic carbocycles. The topological polar surface area (TPSA) is 115 Å². The van der Waals surface area contributed by atoms with Crippen LogP contribution < -0.4 is 5.73 Å². The minimum Gasteiger partial charge on any atom is -0.506 e. The van der Waals surface area contributed by atoms with Gasteiger partial charge in [-0.05, 0) is 12.2 Å². The van der Waals surface area contributed by atoms with Crippen molar-refractivity contribution < 1.29 is 21.9 Å². The van der Waals surface area contributed by atoms with Crippen molar-refractivity contribution in [2.75, 3.05) is 0 Å².